The van der Waals surface area contributed by atoms with Crippen molar-refractivity contribution in [3.05, 3.63) is 66.0 Å². The van der Waals surface area contributed by atoms with Crippen molar-refractivity contribution in [2.24, 2.45) is 0 Å². The van der Waals surface area contributed by atoms with E-state index < -0.39 is 10.0 Å². The van der Waals surface area contributed by atoms with Gasteiger partial charge in [-0.05, 0) is 47.0 Å². The number of benzene rings is 2. The first-order valence-corrected chi connectivity index (χ1v) is 11.4. The van der Waals surface area contributed by atoms with Gasteiger partial charge in [0.2, 0.25) is 10.0 Å². The second-order valence-electron chi connectivity index (χ2n) is 7.35. The normalized spacial score (nSPS) is 15.6. The van der Waals surface area contributed by atoms with E-state index in [1.54, 1.807) is 11.1 Å². The van der Waals surface area contributed by atoms with Crippen molar-refractivity contribution >= 4 is 26.7 Å². The van der Waals surface area contributed by atoms with E-state index in [-0.39, 0.29) is 5.91 Å². The van der Waals surface area contributed by atoms with Crippen LogP contribution in [-0.2, 0) is 10.0 Å². The third-order valence-electron chi connectivity index (χ3n) is 5.36. The molecule has 1 aliphatic rings. The lowest BCUT2D eigenvalue weighted by Gasteiger charge is -2.33. The second kappa shape index (κ2) is 7.57. The van der Waals surface area contributed by atoms with E-state index in [4.69, 9.17) is 0 Å². The van der Waals surface area contributed by atoms with Crippen molar-refractivity contribution < 1.29 is 13.2 Å². The van der Waals surface area contributed by atoms with Gasteiger partial charge < -0.3 is 4.90 Å². The lowest BCUT2D eigenvalue weighted by atomic mass is 9.95. The summed E-state index contributed by atoms with van der Waals surface area (Å²) in [6.07, 6.45) is 3.00. The summed E-state index contributed by atoms with van der Waals surface area (Å²) >= 11 is 0. The summed E-state index contributed by atoms with van der Waals surface area (Å²) < 4.78 is 24.9. The van der Waals surface area contributed by atoms with E-state index in [0.29, 0.717) is 31.7 Å². The Labute approximate surface area is 170 Å². The molecule has 150 valence electrons. The van der Waals surface area contributed by atoms with Crippen LogP contribution in [0.1, 0.15) is 16.1 Å². The van der Waals surface area contributed by atoms with Crippen LogP contribution in [0.4, 0.5) is 0 Å². The van der Waals surface area contributed by atoms with Gasteiger partial charge in [0, 0.05) is 43.6 Å². The fraction of sp³-hybridized carbons (Fsp3) is 0.273. The van der Waals surface area contributed by atoms with Gasteiger partial charge in [-0.2, -0.15) is 4.31 Å². The molecule has 0 N–H and O–H groups in total. The molecule has 2 aromatic carbocycles. The first-order valence-electron chi connectivity index (χ1n) is 9.54. The topological polar surface area (TPSA) is 70.6 Å². The molecule has 0 saturated carbocycles. The van der Waals surface area contributed by atoms with E-state index in [2.05, 4.69) is 11.1 Å². The van der Waals surface area contributed by atoms with Crippen LogP contribution in [0.15, 0.2) is 54.7 Å². The monoisotopic (exact) mass is 409 g/mol. The van der Waals surface area contributed by atoms with Crippen LogP contribution < -0.4 is 0 Å². The maximum atomic E-state index is 13.2. The third-order valence-corrected chi connectivity index (χ3v) is 6.66. The molecule has 2 heterocycles. The van der Waals surface area contributed by atoms with Crippen molar-refractivity contribution in [3.8, 4) is 11.1 Å². The zero-order valence-corrected chi connectivity index (χ0v) is 17.3. The smallest absolute Gasteiger partial charge is 0.254 e. The summed E-state index contributed by atoms with van der Waals surface area (Å²) in [4.78, 5) is 19.2. The number of pyridine rings is 1. The number of sulfonamides is 1. The van der Waals surface area contributed by atoms with Crippen LogP contribution in [-0.4, -0.2) is 60.9 Å². The van der Waals surface area contributed by atoms with Crippen LogP contribution in [0.25, 0.3) is 21.9 Å². The second-order valence-corrected chi connectivity index (χ2v) is 9.33. The Hall–Kier alpha value is -2.77. The van der Waals surface area contributed by atoms with Gasteiger partial charge in [0.25, 0.3) is 5.91 Å². The van der Waals surface area contributed by atoms with Crippen molar-refractivity contribution in [1.29, 1.82) is 0 Å². The number of fused-ring (bicyclic) bond motifs is 1. The maximum absolute atomic E-state index is 13.2. The zero-order valence-electron chi connectivity index (χ0n) is 16.5. The van der Waals surface area contributed by atoms with E-state index in [9.17, 15) is 13.2 Å². The van der Waals surface area contributed by atoms with Gasteiger partial charge in [-0.15, -0.1) is 0 Å². The van der Waals surface area contributed by atoms with Crippen molar-refractivity contribution in [3.63, 3.8) is 0 Å². The highest BCUT2D eigenvalue weighted by Crippen LogP contribution is 2.31. The van der Waals surface area contributed by atoms with Crippen LogP contribution in [0.2, 0.25) is 0 Å². The number of aromatic nitrogens is 1. The summed E-state index contributed by atoms with van der Waals surface area (Å²) in [5.74, 6) is -0.0631. The van der Waals surface area contributed by atoms with Gasteiger partial charge >= 0.3 is 0 Å². The third kappa shape index (κ3) is 3.88. The Morgan fingerprint density at radius 3 is 2.34 bits per heavy atom. The average Bonchev–Trinajstić information content (AvgIpc) is 2.72. The lowest BCUT2D eigenvalue weighted by molar-refractivity contribution is 0.0700. The van der Waals surface area contributed by atoms with Crippen molar-refractivity contribution in [1.82, 2.24) is 14.2 Å². The van der Waals surface area contributed by atoms with Gasteiger partial charge in [-0.3, -0.25) is 9.78 Å². The van der Waals surface area contributed by atoms with E-state index >= 15 is 0 Å². The average molecular weight is 410 g/mol. The quantitative estimate of drug-likeness (QED) is 0.667. The van der Waals surface area contributed by atoms with Gasteiger partial charge in [0.05, 0.1) is 6.26 Å². The standard InChI is InChI=1S/C22H23N3O3S/c1-16-15-17(9-10-23-16)18-5-3-7-20-19(18)6-4-8-21(20)22(26)24-11-13-25(14-12-24)29(2,27)28/h3-10,15H,11-14H2,1-2H3. The molecule has 0 unspecified atom stereocenters. The highest BCUT2D eigenvalue weighted by molar-refractivity contribution is 7.88. The molecule has 0 atom stereocenters. The molecule has 0 bridgehead atoms. The molecule has 1 aliphatic heterocycles. The summed E-state index contributed by atoms with van der Waals surface area (Å²) in [6.45, 7) is 3.41. The summed E-state index contributed by atoms with van der Waals surface area (Å²) in [5.41, 5.74) is 3.71. The molecule has 1 aromatic heterocycles. The molecule has 4 rings (SSSR count). The molecule has 0 aliphatic carbocycles. The van der Waals surface area contributed by atoms with E-state index in [1.165, 1.54) is 10.6 Å². The Morgan fingerprint density at radius 1 is 0.966 bits per heavy atom. The maximum Gasteiger partial charge on any atom is 0.254 e. The van der Waals surface area contributed by atoms with Crippen LogP contribution in [0, 0.1) is 6.92 Å². The number of hydrogen-bond acceptors (Lipinski definition) is 4. The lowest BCUT2D eigenvalue weighted by Crippen LogP contribution is -2.50. The largest absolute Gasteiger partial charge is 0.336 e. The number of hydrogen-bond donors (Lipinski definition) is 0. The van der Waals surface area contributed by atoms with Crippen LogP contribution >= 0.6 is 0 Å². The molecule has 3 aromatic rings. The number of rotatable bonds is 3. The summed E-state index contributed by atoms with van der Waals surface area (Å²) in [7, 11) is -3.22. The van der Waals surface area contributed by atoms with Crippen molar-refractivity contribution in [2.45, 2.75) is 6.92 Å². The van der Waals surface area contributed by atoms with Gasteiger partial charge in [0.15, 0.2) is 0 Å². The minimum atomic E-state index is -3.22. The highest BCUT2D eigenvalue weighted by Gasteiger charge is 2.27. The molecular formula is C22H23N3O3S. The highest BCUT2D eigenvalue weighted by atomic mass is 32.2. The van der Waals surface area contributed by atoms with Gasteiger partial charge in [0.1, 0.15) is 0 Å². The van der Waals surface area contributed by atoms with Gasteiger partial charge in [-0.1, -0.05) is 30.3 Å². The molecular weight excluding hydrogens is 386 g/mol. The molecule has 6 nitrogen and oxygen atoms in total. The molecule has 29 heavy (non-hydrogen) atoms. The molecule has 1 saturated heterocycles. The Bertz CT molecular complexity index is 1180. The Morgan fingerprint density at radius 2 is 1.66 bits per heavy atom. The number of nitrogens with zero attached hydrogens (tertiary/aromatic N) is 3. The van der Waals surface area contributed by atoms with Crippen LogP contribution in [0.3, 0.4) is 0 Å². The number of carbonyl (C=O) groups is 1. The van der Waals surface area contributed by atoms with E-state index in [0.717, 1.165) is 27.6 Å². The molecule has 1 fully saturated rings. The predicted molar refractivity (Wildman–Crippen MR) is 114 cm³/mol. The summed E-state index contributed by atoms with van der Waals surface area (Å²) in [5, 5.41) is 1.91. The van der Waals surface area contributed by atoms with Crippen molar-refractivity contribution in [2.75, 3.05) is 32.4 Å². The SMILES string of the molecule is Cc1cc(-c2cccc3c(C(=O)N4CCN(S(C)(=O)=O)CC4)cccc23)ccn1. The molecule has 0 radical (unpaired) electrons. The Balaban J connectivity index is 1.69. The van der Waals surface area contributed by atoms with Crippen LogP contribution in [0.5, 0.6) is 0 Å². The number of piperazine rings is 1. The predicted octanol–water partition coefficient (Wildman–Crippen LogP) is 2.93. The van der Waals surface area contributed by atoms with E-state index in [1.807, 2.05) is 49.4 Å². The number of carbonyl (C=O) groups excluding carboxylic acids is 1. The molecule has 7 heteroatoms. The minimum absolute atomic E-state index is 0.0631. The molecule has 0 spiro atoms. The first kappa shape index (κ1) is 19.5. The number of amides is 1. The first-order chi connectivity index (χ1) is 13.8. The number of aryl methyl sites for hydroxylation is 1. The summed E-state index contributed by atoms with van der Waals surface area (Å²) in [6, 6.07) is 15.8. The minimum Gasteiger partial charge on any atom is -0.336 e. The fourth-order valence-electron chi connectivity index (χ4n) is 3.85. The molecule has 1 amide bonds. The van der Waals surface area contributed by atoms with Gasteiger partial charge in [-0.25, -0.2) is 8.42 Å². The zero-order chi connectivity index (χ0) is 20.6. The Kier molecular flexibility index (Phi) is 5.10. The fourth-order valence-corrected chi connectivity index (χ4v) is 4.68.